The van der Waals surface area contributed by atoms with Gasteiger partial charge in [-0.25, -0.2) is 8.42 Å². The molecule has 0 radical (unpaired) electrons. The number of rotatable bonds is 14. The number of halogens is 1. The van der Waals surface area contributed by atoms with Gasteiger partial charge in [-0.3, -0.25) is 13.9 Å². The van der Waals surface area contributed by atoms with Crippen molar-refractivity contribution in [2.24, 2.45) is 0 Å². The van der Waals surface area contributed by atoms with E-state index in [1.807, 2.05) is 75.4 Å². The van der Waals surface area contributed by atoms with Crippen molar-refractivity contribution in [1.29, 1.82) is 0 Å². The molecule has 0 saturated heterocycles. The molecule has 7 nitrogen and oxygen atoms in total. The highest BCUT2D eigenvalue weighted by Gasteiger charge is 2.31. The van der Waals surface area contributed by atoms with Gasteiger partial charge < -0.3 is 10.2 Å². The van der Waals surface area contributed by atoms with Gasteiger partial charge in [0, 0.05) is 37.0 Å². The highest BCUT2D eigenvalue weighted by Crippen LogP contribution is 2.21. The van der Waals surface area contributed by atoms with Gasteiger partial charge in [0.25, 0.3) is 0 Å². The first-order chi connectivity index (χ1) is 19.5. The van der Waals surface area contributed by atoms with Crippen LogP contribution in [0, 0.1) is 6.92 Å². The molecule has 0 bridgehead atoms. The van der Waals surface area contributed by atoms with Gasteiger partial charge in [0.1, 0.15) is 6.04 Å². The molecule has 1 N–H and O–H groups in total. The summed E-state index contributed by atoms with van der Waals surface area (Å²) < 4.78 is 26.5. The lowest BCUT2D eigenvalue weighted by Crippen LogP contribution is -2.52. The van der Waals surface area contributed by atoms with Crippen LogP contribution < -0.4 is 9.62 Å². The monoisotopic (exact) mass is 597 g/mol. The molecule has 0 aliphatic heterocycles. The molecule has 0 saturated carbocycles. The molecule has 3 rings (SSSR count). The second-order valence-electron chi connectivity index (χ2n) is 10.4. The van der Waals surface area contributed by atoms with Crippen LogP contribution in [0.2, 0.25) is 5.02 Å². The van der Waals surface area contributed by atoms with Gasteiger partial charge >= 0.3 is 0 Å². The Balaban J connectivity index is 1.88. The van der Waals surface area contributed by atoms with E-state index in [-0.39, 0.29) is 37.4 Å². The van der Waals surface area contributed by atoms with E-state index >= 15 is 0 Å². The number of benzene rings is 3. The predicted molar refractivity (Wildman–Crippen MR) is 166 cm³/mol. The third-order valence-corrected chi connectivity index (χ3v) is 8.46. The molecule has 2 unspecified atom stereocenters. The number of hydrogen-bond donors (Lipinski definition) is 1. The fourth-order valence-electron chi connectivity index (χ4n) is 4.50. The summed E-state index contributed by atoms with van der Waals surface area (Å²) >= 11 is 6.10. The van der Waals surface area contributed by atoms with Crippen molar-refractivity contribution in [3.63, 3.8) is 0 Å². The number of amides is 2. The third-order valence-electron chi connectivity index (χ3n) is 7.01. The van der Waals surface area contributed by atoms with Gasteiger partial charge in [0.05, 0.1) is 11.9 Å². The molecule has 0 heterocycles. The standard InChI is InChI=1S/C32H40ClN3O4S/c1-5-25(3)34-32(38)30(22-26-10-7-6-8-11-26)35(23-27-15-17-28(33)18-16-27)31(37)12-9-21-36(41(4,39)40)29-19-13-24(2)14-20-29/h6-8,10-11,13-20,25,30H,5,9,12,21-23H2,1-4H3,(H,34,38). The molecule has 3 aromatic carbocycles. The van der Waals surface area contributed by atoms with Crippen molar-refractivity contribution in [3.8, 4) is 0 Å². The Labute approximate surface area is 249 Å². The van der Waals surface area contributed by atoms with Crippen molar-refractivity contribution in [1.82, 2.24) is 10.2 Å². The summed E-state index contributed by atoms with van der Waals surface area (Å²) in [7, 11) is -3.56. The number of nitrogens with zero attached hydrogens (tertiary/aromatic N) is 2. The largest absolute Gasteiger partial charge is 0.352 e. The SMILES string of the molecule is CCC(C)NC(=O)C(Cc1ccccc1)N(Cc1ccc(Cl)cc1)C(=O)CCCN(c1ccc(C)cc1)S(C)(=O)=O. The molecule has 0 aliphatic carbocycles. The Morgan fingerprint density at radius 1 is 0.927 bits per heavy atom. The van der Waals surface area contributed by atoms with Crippen molar-refractivity contribution >= 4 is 39.1 Å². The number of nitrogens with one attached hydrogen (secondary N) is 1. The first-order valence-electron chi connectivity index (χ1n) is 13.9. The lowest BCUT2D eigenvalue weighted by atomic mass is 10.0. The van der Waals surface area contributed by atoms with E-state index in [4.69, 9.17) is 11.6 Å². The Kier molecular flexibility index (Phi) is 11.8. The third kappa shape index (κ3) is 9.90. The first kappa shape index (κ1) is 32.2. The maximum absolute atomic E-state index is 13.9. The number of hydrogen-bond acceptors (Lipinski definition) is 4. The van der Waals surface area contributed by atoms with Crippen LogP contribution >= 0.6 is 11.6 Å². The summed E-state index contributed by atoms with van der Waals surface area (Å²) in [5.74, 6) is -0.444. The van der Waals surface area contributed by atoms with Crippen LogP contribution in [0.3, 0.4) is 0 Å². The van der Waals surface area contributed by atoms with Gasteiger partial charge in [-0.15, -0.1) is 0 Å². The quantitative estimate of drug-likeness (QED) is 0.256. The molecule has 2 amide bonds. The Morgan fingerprint density at radius 2 is 1.56 bits per heavy atom. The number of anilines is 1. The molecule has 0 aromatic heterocycles. The Morgan fingerprint density at radius 3 is 2.15 bits per heavy atom. The second kappa shape index (κ2) is 15.0. The number of sulfonamides is 1. The van der Waals surface area contributed by atoms with Gasteiger partial charge in [-0.1, -0.05) is 78.7 Å². The smallest absolute Gasteiger partial charge is 0.243 e. The Bertz CT molecular complexity index is 1380. The molecule has 2 atom stereocenters. The van der Waals surface area contributed by atoms with E-state index in [1.54, 1.807) is 29.2 Å². The number of carbonyl (C=O) groups is 2. The van der Waals surface area contributed by atoms with Gasteiger partial charge in [0.2, 0.25) is 21.8 Å². The zero-order valence-corrected chi connectivity index (χ0v) is 25.8. The van der Waals surface area contributed by atoms with Crippen LogP contribution in [-0.2, 0) is 32.6 Å². The fourth-order valence-corrected chi connectivity index (χ4v) is 5.59. The molecule has 3 aromatic rings. The minimum atomic E-state index is -3.56. The average molecular weight is 598 g/mol. The molecular formula is C32H40ClN3O4S. The normalized spacial score (nSPS) is 12.8. The van der Waals surface area contributed by atoms with Crippen LogP contribution in [-0.4, -0.2) is 50.0 Å². The molecule has 41 heavy (non-hydrogen) atoms. The maximum Gasteiger partial charge on any atom is 0.243 e. The van der Waals surface area contributed by atoms with Crippen LogP contribution in [0.25, 0.3) is 0 Å². The summed E-state index contributed by atoms with van der Waals surface area (Å²) in [5.41, 5.74) is 3.36. The molecule has 0 fully saturated rings. The molecule has 220 valence electrons. The lowest BCUT2D eigenvalue weighted by Gasteiger charge is -2.32. The van der Waals surface area contributed by atoms with Crippen LogP contribution in [0.5, 0.6) is 0 Å². The van der Waals surface area contributed by atoms with Crippen LogP contribution in [0.4, 0.5) is 5.69 Å². The molecule has 9 heteroatoms. The van der Waals surface area contributed by atoms with Gasteiger partial charge in [0.15, 0.2) is 0 Å². The van der Waals surface area contributed by atoms with E-state index in [2.05, 4.69) is 5.32 Å². The average Bonchev–Trinajstić information content (AvgIpc) is 2.94. The second-order valence-corrected chi connectivity index (χ2v) is 12.8. The first-order valence-corrected chi connectivity index (χ1v) is 16.1. The van der Waals surface area contributed by atoms with Crippen LogP contribution in [0.15, 0.2) is 78.9 Å². The minimum absolute atomic E-state index is 0.0499. The summed E-state index contributed by atoms with van der Waals surface area (Å²) in [6.45, 7) is 6.23. The molecular weight excluding hydrogens is 558 g/mol. The van der Waals surface area contributed by atoms with E-state index in [9.17, 15) is 18.0 Å². The highest BCUT2D eigenvalue weighted by atomic mass is 35.5. The maximum atomic E-state index is 13.9. The van der Waals surface area contributed by atoms with E-state index in [0.717, 1.165) is 29.4 Å². The van der Waals surface area contributed by atoms with Crippen molar-refractivity contribution in [2.75, 3.05) is 17.1 Å². The highest BCUT2D eigenvalue weighted by molar-refractivity contribution is 7.92. The Hall–Kier alpha value is -3.36. The topological polar surface area (TPSA) is 86.8 Å². The summed E-state index contributed by atoms with van der Waals surface area (Å²) in [6.07, 6.45) is 2.64. The van der Waals surface area contributed by atoms with Gasteiger partial charge in [-0.05, 0) is 62.1 Å². The molecule has 0 aliphatic rings. The number of aryl methyl sites for hydroxylation is 1. The van der Waals surface area contributed by atoms with Crippen molar-refractivity contribution < 1.29 is 18.0 Å². The number of carbonyl (C=O) groups excluding carboxylic acids is 2. The van der Waals surface area contributed by atoms with E-state index in [0.29, 0.717) is 23.6 Å². The van der Waals surface area contributed by atoms with E-state index < -0.39 is 16.1 Å². The van der Waals surface area contributed by atoms with Gasteiger partial charge in [-0.2, -0.15) is 0 Å². The zero-order valence-electron chi connectivity index (χ0n) is 24.2. The fraction of sp³-hybridized carbons (Fsp3) is 0.375. The summed E-state index contributed by atoms with van der Waals surface area (Å²) in [5, 5.41) is 3.64. The predicted octanol–water partition coefficient (Wildman–Crippen LogP) is 5.75. The zero-order chi connectivity index (χ0) is 30.0. The van der Waals surface area contributed by atoms with Crippen molar-refractivity contribution in [2.45, 2.75) is 65.1 Å². The lowest BCUT2D eigenvalue weighted by molar-refractivity contribution is -0.141. The van der Waals surface area contributed by atoms with E-state index in [1.165, 1.54) is 4.31 Å². The summed E-state index contributed by atoms with van der Waals surface area (Å²) in [4.78, 5) is 29.1. The minimum Gasteiger partial charge on any atom is -0.352 e. The molecule has 0 spiro atoms. The van der Waals surface area contributed by atoms with Crippen molar-refractivity contribution in [3.05, 3.63) is 101 Å². The van der Waals surface area contributed by atoms with Crippen LogP contribution in [0.1, 0.15) is 49.8 Å². The summed E-state index contributed by atoms with van der Waals surface area (Å²) in [6, 6.07) is 23.3.